The summed E-state index contributed by atoms with van der Waals surface area (Å²) in [5.41, 5.74) is 6.59. The maximum Gasteiger partial charge on any atom is 0.443 e. The Labute approximate surface area is 129 Å². The van der Waals surface area contributed by atoms with Crippen LogP contribution in [0, 0.1) is 3.57 Å². The molecular formula is C11H7ClF3IN2S. The zero-order chi connectivity index (χ0) is 14.2. The monoisotopic (exact) mass is 418 g/mol. The Kier molecular flexibility index (Phi) is 4.38. The van der Waals surface area contributed by atoms with Gasteiger partial charge in [0.2, 0.25) is 0 Å². The van der Waals surface area contributed by atoms with Gasteiger partial charge >= 0.3 is 6.18 Å². The summed E-state index contributed by atoms with van der Waals surface area (Å²) >= 11 is 8.58. The lowest BCUT2D eigenvalue weighted by molar-refractivity contribution is -0.137. The Bertz CT molecular complexity index is 600. The van der Waals surface area contributed by atoms with Crippen molar-refractivity contribution in [3.63, 3.8) is 0 Å². The molecular weight excluding hydrogens is 412 g/mol. The molecule has 0 aliphatic carbocycles. The van der Waals surface area contributed by atoms with Gasteiger partial charge in [0, 0.05) is 14.6 Å². The highest BCUT2D eigenvalue weighted by molar-refractivity contribution is 14.1. The fourth-order valence-electron chi connectivity index (χ4n) is 1.43. The Morgan fingerprint density at radius 3 is 2.58 bits per heavy atom. The van der Waals surface area contributed by atoms with Crippen LogP contribution in [0.2, 0.25) is 5.02 Å². The molecule has 0 spiro atoms. The standard InChI is InChI=1S/C11H7ClF3IN2S/c12-6-3-5(1-2-7(6)16)9(17)8-4-18-10(19-8)11(13,14)15/h1-4,9H,17H2. The van der Waals surface area contributed by atoms with Crippen LogP contribution in [0.4, 0.5) is 13.2 Å². The molecule has 0 amide bonds. The highest BCUT2D eigenvalue weighted by atomic mass is 127. The first kappa shape index (κ1) is 15.0. The van der Waals surface area contributed by atoms with E-state index in [1.807, 2.05) is 0 Å². The van der Waals surface area contributed by atoms with Crippen LogP contribution < -0.4 is 5.73 Å². The van der Waals surface area contributed by atoms with Gasteiger partial charge in [0.15, 0.2) is 5.01 Å². The maximum absolute atomic E-state index is 12.5. The van der Waals surface area contributed by atoms with E-state index in [0.29, 0.717) is 26.8 Å². The molecule has 0 fully saturated rings. The van der Waals surface area contributed by atoms with E-state index >= 15 is 0 Å². The molecule has 0 radical (unpaired) electrons. The van der Waals surface area contributed by atoms with E-state index in [4.69, 9.17) is 17.3 Å². The average Bonchev–Trinajstić information content (AvgIpc) is 2.81. The molecule has 0 aliphatic rings. The summed E-state index contributed by atoms with van der Waals surface area (Å²) in [4.78, 5) is 3.70. The Morgan fingerprint density at radius 2 is 2.05 bits per heavy atom. The third kappa shape index (κ3) is 3.39. The number of alkyl halides is 3. The van der Waals surface area contributed by atoms with E-state index < -0.39 is 17.2 Å². The number of benzene rings is 1. The van der Waals surface area contributed by atoms with Crippen molar-refractivity contribution in [1.29, 1.82) is 0 Å². The topological polar surface area (TPSA) is 38.9 Å². The Morgan fingerprint density at radius 1 is 1.37 bits per heavy atom. The molecule has 2 N–H and O–H groups in total. The van der Waals surface area contributed by atoms with Crippen LogP contribution in [-0.4, -0.2) is 4.98 Å². The highest BCUT2D eigenvalue weighted by Gasteiger charge is 2.35. The smallest absolute Gasteiger partial charge is 0.320 e. The van der Waals surface area contributed by atoms with Crippen molar-refractivity contribution >= 4 is 45.5 Å². The molecule has 0 saturated heterocycles. The second kappa shape index (κ2) is 5.55. The van der Waals surface area contributed by atoms with E-state index in [1.165, 1.54) is 0 Å². The van der Waals surface area contributed by atoms with Gasteiger partial charge in [-0.15, -0.1) is 11.3 Å². The van der Waals surface area contributed by atoms with Crippen molar-refractivity contribution in [3.05, 3.63) is 48.4 Å². The van der Waals surface area contributed by atoms with Crippen molar-refractivity contribution in [2.24, 2.45) is 5.73 Å². The van der Waals surface area contributed by atoms with Crippen molar-refractivity contribution < 1.29 is 13.2 Å². The van der Waals surface area contributed by atoms with Gasteiger partial charge in [-0.25, -0.2) is 4.98 Å². The number of nitrogens with zero attached hydrogens (tertiary/aromatic N) is 1. The molecule has 2 rings (SSSR count). The first-order valence-electron chi connectivity index (χ1n) is 5.02. The number of aromatic nitrogens is 1. The van der Waals surface area contributed by atoms with E-state index in [9.17, 15) is 13.2 Å². The van der Waals surface area contributed by atoms with Crippen LogP contribution in [0.1, 0.15) is 21.5 Å². The molecule has 0 bridgehead atoms. The summed E-state index contributed by atoms with van der Waals surface area (Å²) in [5.74, 6) is 0. The zero-order valence-corrected chi connectivity index (χ0v) is 12.9. The number of hydrogen-bond acceptors (Lipinski definition) is 3. The number of nitrogens with two attached hydrogens (primary N) is 1. The van der Waals surface area contributed by atoms with Gasteiger partial charge in [0.1, 0.15) is 0 Å². The molecule has 1 heterocycles. The molecule has 102 valence electrons. The van der Waals surface area contributed by atoms with Crippen molar-refractivity contribution in [1.82, 2.24) is 4.98 Å². The molecule has 1 unspecified atom stereocenters. The van der Waals surface area contributed by atoms with Crippen molar-refractivity contribution in [2.45, 2.75) is 12.2 Å². The van der Waals surface area contributed by atoms with Crippen LogP contribution >= 0.6 is 45.5 Å². The molecule has 19 heavy (non-hydrogen) atoms. The predicted octanol–water partition coefficient (Wildman–Crippen LogP) is 4.47. The van der Waals surface area contributed by atoms with Crippen LogP contribution in [0.15, 0.2) is 24.4 Å². The van der Waals surface area contributed by atoms with Crippen LogP contribution in [-0.2, 0) is 6.18 Å². The number of hydrogen-bond donors (Lipinski definition) is 1. The van der Waals surface area contributed by atoms with Gasteiger partial charge in [-0.1, -0.05) is 17.7 Å². The summed E-state index contributed by atoms with van der Waals surface area (Å²) in [6.45, 7) is 0. The van der Waals surface area contributed by atoms with Crippen LogP contribution in [0.25, 0.3) is 0 Å². The Hall–Kier alpha value is -0.380. The van der Waals surface area contributed by atoms with Gasteiger partial charge in [0.05, 0.1) is 11.1 Å². The minimum Gasteiger partial charge on any atom is -0.320 e. The first-order chi connectivity index (χ1) is 8.79. The molecule has 0 aliphatic heterocycles. The number of halogens is 5. The van der Waals surface area contributed by atoms with Crippen molar-refractivity contribution in [3.8, 4) is 0 Å². The second-order valence-electron chi connectivity index (χ2n) is 3.72. The van der Waals surface area contributed by atoms with Gasteiger partial charge in [-0.3, -0.25) is 0 Å². The fourth-order valence-corrected chi connectivity index (χ4v) is 2.77. The SMILES string of the molecule is NC(c1ccc(I)c(Cl)c1)c1cnc(C(F)(F)F)s1. The lowest BCUT2D eigenvalue weighted by atomic mass is 10.1. The van der Waals surface area contributed by atoms with Crippen LogP contribution in [0.5, 0.6) is 0 Å². The summed E-state index contributed by atoms with van der Waals surface area (Å²) in [7, 11) is 0. The summed E-state index contributed by atoms with van der Waals surface area (Å²) in [6, 6.07) is 4.50. The number of rotatable bonds is 2. The fraction of sp³-hybridized carbons (Fsp3) is 0.182. The average molecular weight is 419 g/mol. The Balaban J connectivity index is 2.31. The zero-order valence-electron chi connectivity index (χ0n) is 9.21. The molecule has 2 aromatic rings. The largest absolute Gasteiger partial charge is 0.443 e. The third-order valence-corrected chi connectivity index (χ3v) is 5.07. The summed E-state index contributed by atoms with van der Waals surface area (Å²) in [6.07, 6.45) is -3.28. The molecule has 2 nitrogen and oxygen atoms in total. The third-order valence-electron chi connectivity index (χ3n) is 2.38. The lowest BCUT2D eigenvalue weighted by Crippen LogP contribution is -2.10. The minimum atomic E-state index is -4.44. The van der Waals surface area contributed by atoms with Crippen molar-refractivity contribution in [2.75, 3.05) is 0 Å². The van der Waals surface area contributed by atoms with E-state index in [0.717, 1.165) is 9.77 Å². The van der Waals surface area contributed by atoms with Gasteiger partial charge in [0.25, 0.3) is 0 Å². The molecule has 1 aromatic heterocycles. The van der Waals surface area contributed by atoms with E-state index in [1.54, 1.807) is 18.2 Å². The lowest BCUT2D eigenvalue weighted by Gasteiger charge is -2.10. The molecule has 1 aromatic carbocycles. The maximum atomic E-state index is 12.5. The quantitative estimate of drug-likeness (QED) is 0.731. The number of thiazole rings is 1. The minimum absolute atomic E-state index is 0.351. The van der Waals surface area contributed by atoms with Gasteiger partial charge < -0.3 is 5.73 Å². The van der Waals surface area contributed by atoms with Gasteiger partial charge in [-0.2, -0.15) is 13.2 Å². The normalized spacial score (nSPS) is 13.6. The van der Waals surface area contributed by atoms with Gasteiger partial charge in [-0.05, 0) is 40.3 Å². The molecule has 8 heteroatoms. The molecule has 1 atom stereocenters. The highest BCUT2D eigenvalue weighted by Crippen LogP contribution is 2.35. The first-order valence-corrected chi connectivity index (χ1v) is 7.30. The van der Waals surface area contributed by atoms with Crippen LogP contribution in [0.3, 0.4) is 0 Å². The molecule has 0 saturated carbocycles. The summed E-state index contributed by atoms with van der Waals surface area (Å²) < 4.78 is 38.3. The predicted molar refractivity (Wildman–Crippen MR) is 77.3 cm³/mol. The van der Waals surface area contributed by atoms with E-state index in [2.05, 4.69) is 27.6 Å². The van der Waals surface area contributed by atoms with E-state index in [-0.39, 0.29) is 0 Å². The second-order valence-corrected chi connectivity index (χ2v) is 6.35. The summed E-state index contributed by atoms with van der Waals surface area (Å²) in [5, 5.41) is -0.372.